The number of hydrogen-bond donors (Lipinski definition) is 1. The molecule has 6 heteroatoms. The maximum absolute atomic E-state index is 11.4. The summed E-state index contributed by atoms with van der Waals surface area (Å²) in [5.74, 6) is 1.44. The zero-order valence-corrected chi connectivity index (χ0v) is 24.8. The highest BCUT2D eigenvalue weighted by atomic mass is 28.4. The molecule has 33 heavy (non-hydrogen) atoms. The molecule has 1 aliphatic rings. The van der Waals surface area contributed by atoms with E-state index >= 15 is 0 Å². The summed E-state index contributed by atoms with van der Waals surface area (Å²) in [6.07, 6.45) is 3.58. The maximum Gasteiger partial charge on any atom is 0.331 e. The molecule has 2 rings (SSSR count). The maximum atomic E-state index is 11.4. The van der Waals surface area contributed by atoms with Gasteiger partial charge in [0.25, 0.3) is 0 Å². The van der Waals surface area contributed by atoms with Crippen LogP contribution in [0, 0.1) is 0 Å². The van der Waals surface area contributed by atoms with Crippen molar-refractivity contribution in [3.05, 3.63) is 34.9 Å². The van der Waals surface area contributed by atoms with Gasteiger partial charge in [-0.1, -0.05) is 53.2 Å². The van der Waals surface area contributed by atoms with Gasteiger partial charge in [0.05, 0.1) is 0 Å². The first-order valence-corrected chi connectivity index (χ1v) is 18.1. The third-order valence-corrected chi connectivity index (χ3v) is 16.9. The Bertz CT molecular complexity index is 892. The van der Waals surface area contributed by atoms with E-state index in [1.54, 1.807) is 6.92 Å². The summed E-state index contributed by atoms with van der Waals surface area (Å²) >= 11 is 0. The molecule has 0 unspecified atom stereocenters. The van der Waals surface area contributed by atoms with Crippen LogP contribution in [0.2, 0.25) is 36.3 Å². The molecule has 1 aromatic carbocycles. The van der Waals surface area contributed by atoms with Gasteiger partial charge in [0.1, 0.15) is 11.5 Å². The van der Waals surface area contributed by atoms with Gasteiger partial charge in [0.15, 0.2) is 0 Å². The molecule has 0 aliphatic heterocycles. The summed E-state index contributed by atoms with van der Waals surface area (Å²) in [6, 6.07) is 6.45. The summed E-state index contributed by atoms with van der Waals surface area (Å²) in [7, 11) is -4.00. The van der Waals surface area contributed by atoms with Crippen LogP contribution in [-0.2, 0) is 4.79 Å². The van der Waals surface area contributed by atoms with Crippen LogP contribution in [0.5, 0.6) is 11.5 Å². The smallest absolute Gasteiger partial charge is 0.331 e. The predicted molar refractivity (Wildman–Crippen MR) is 144 cm³/mol. The van der Waals surface area contributed by atoms with Crippen LogP contribution < -0.4 is 8.85 Å². The number of hydrogen-bond acceptors (Lipinski definition) is 3. The zero-order chi connectivity index (χ0) is 25.4. The minimum atomic E-state index is -2.04. The van der Waals surface area contributed by atoms with Gasteiger partial charge in [-0.3, -0.25) is 0 Å². The van der Waals surface area contributed by atoms with E-state index in [1.165, 1.54) is 5.56 Å². The van der Waals surface area contributed by atoms with E-state index in [0.717, 1.165) is 42.8 Å². The molecule has 0 bridgehead atoms. The summed E-state index contributed by atoms with van der Waals surface area (Å²) in [5, 5.41) is 9.59. The molecule has 0 radical (unpaired) electrons. The highest BCUT2D eigenvalue weighted by Crippen LogP contribution is 2.45. The van der Waals surface area contributed by atoms with E-state index in [-0.39, 0.29) is 10.1 Å². The van der Waals surface area contributed by atoms with Crippen molar-refractivity contribution in [2.24, 2.45) is 0 Å². The summed E-state index contributed by atoms with van der Waals surface area (Å²) in [6.45, 7) is 24.4. The number of aliphatic carboxylic acids is 1. The normalized spacial score (nSPS) is 18.2. The second-order valence-corrected chi connectivity index (χ2v) is 22.2. The first-order chi connectivity index (χ1) is 14.9. The van der Waals surface area contributed by atoms with Gasteiger partial charge in [0, 0.05) is 11.6 Å². The Morgan fingerprint density at radius 3 is 1.85 bits per heavy atom. The predicted octanol–water partition coefficient (Wildman–Crippen LogP) is 8.51. The monoisotopic (exact) mass is 490 g/mol. The van der Waals surface area contributed by atoms with E-state index in [2.05, 4.69) is 85.9 Å². The van der Waals surface area contributed by atoms with Crippen LogP contribution in [-0.4, -0.2) is 27.7 Å². The molecule has 1 fully saturated rings. The minimum Gasteiger partial charge on any atom is -0.543 e. The van der Waals surface area contributed by atoms with Crippen LogP contribution in [0.4, 0.5) is 0 Å². The standard InChI is InChI=1S/C27H46O4Si2/c1-19(25(28)29)20-12-14-21(15-13-20)23-17-16-22(30-32(8,9)26(2,3)4)18-24(23)31-33(10,11)27(5,6)7/h16-18,21H,12-15H2,1-11H3,(H,28,29). The van der Waals surface area contributed by atoms with Crippen molar-refractivity contribution >= 4 is 22.6 Å². The van der Waals surface area contributed by atoms with Gasteiger partial charge in [-0.05, 0) is 86.4 Å². The number of benzene rings is 1. The van der Waals surface area contributed by atoms with Crippen molar-refractivity contribution in [1.82, 2.24) is 0 Å². The van der Waals surface area contributed by atoms with Gasteiger partial charge in [-0.2, -0.15) is 0 Å². The summed E-state index contributed by atoms with van der Waals surface area (Å²) in [4.78, 5) is 11.4. The lowest BCUT2D eigenvalue weighted by molar-refractivity contribution is -0.132. The fraction of sp³-hybridized carbons (Fsp3) is 0.667. The molecule has 1 aromatic rings. The molecular weight excluding hydrogens is 444 g/mol. The van der Waals surface area contributed by atoms with Gasteiger partial charge in [0.2, 0.25) is 16.6 Å². The molecule has 186 valence electrons. The molecule has 1 saturated carbocycles. The van der Waals surface area contributed by atoms with Gasteiger partial charge in [-0.25, -0.2) is 4.79 Å². The largest absolute Gasteiger partial charge is 0.543 e. The topological polar surface area (TPSA) is 55.8 Å². The van der Waals surface area contributed by atoms with Gasteiger partial charge in [-0.15, -0.1) is 0 Å². The lowest BCUT2D eigenvalue weighted by Gasteiger charge is -2.39. The number of carbonyl (C=O) groups is 1. The zero-order valence-electron chi connectivity index (χ0n) is 22.8. The fourth-order valence-corrected chi connectivity index (χ4v) is 5.74. The van der Waals surface area contributed by atoms with Gasteiger partial charge >= 0.3 is 5.97 Å². The van der Waals surface area contributed by atoms with E-state index in [1.807, 2.05) is 0 Å². The van der Waals surface area contributed by atoms with Crippen molar-refractivity contribution in [1.29, 1.82) is 0 Å². The first-order valence-electron chi connectivity index (χ1n) is 12.3. The Morgan fingerprint density at radius 2 is 1.39 bits per heavy atom. The molecule has 0 saturated heterocycles. The lowest BCUT2D eigenvalue weighted by Crippen LogP contribution is -2.44. The van der Waals surface area contributed by atoms with E-state index in [0.29, 0.717) is 11.5 Å². The molecule has 0 heterocycles. The third kappa shape index (κ3) is 6.53. The molecule has 4 nitrogen and oxygen atoms in total. The Balaban J connectivity index is 2.42. The molecule has 0 atom stereocenters. The Labute approximate surface area is 204 Å². The lowest BCUT2D eigenvalue weighted by atomic mass is 9.80. The first kappa shape index (κ1) is 27.7. The molecule has 0 aromatic heterocycles. The fourth-order valence-electron chi connectivity index (χ4n) is 3.68. The minimum absolute atomic E-state index is 0.0988. The van der Waals surface area contributed by atoms with Crippen LogP contribution in [0.3, 0.4) is 0 Å². The third-order valence-electron chi connectivity index (χ3n) is 8.22. The Kier molecular flexibility index (Phi) is 8.07. The van der Waals surface area contributed by atoms with Crippen LogP contribution >= 0.6 is 0 Å². The molecule has 0 spiro atoms. The van der Waals surface area contributed by atoms with Crippen molar-refractivity contribution in [2.75, 3.05) is 0 Å². The van der Waals surface area contributed by atoms with Crippen molar-refractivity contribution < 1.29 is 18.8 Å². The van der Waals surface area contributed by atoms with Crippen molar-refractivity contribution in [2.45, 2.75) is 116 Å². The second-order valence-electron chi connectivity index (χ2n) is 12.7. The number of allylic oxidation sites excluding steroid dienone is 1. The molecule has 1 aliphatic carbocycles. The average molecular weight is 491 g/mol. The average Bonchev–Trinajstić information content (AvgIpc) is 2.65. The van der Waals surface area contributed by atoms with Crippen molar-refractivity contribution in [3.63, 3.8) is 0 Å². The van der Waals surface area contributed by atoms with Gasteiger partial charge < -0.3 is 14.0 Å². The highest BCUT2D eigenvalue weighted by molar-refractivity contribution is 6.75. The van der Waals surface area contributed by atoms with E-state index in [9.17, 15) is 9.90 Å². The summed E-state index contributed by atoms with van der Waals surface area (Å²) < 4.78 is 13.5. The Morgan fingerprint density at radius 1 is 0.909 bits per heavy atom. The van der Waals surface area contributed by atoms with Crippen LogP contribution in [0.25, 0.3) is 0 Å². The number of carboxylic acids is 1. The van der Waals surface area contributed by atoms with Crippen LogP contribution in [0.1, 0.15) is 85.6 Å². The number of carboxylic acid groups (broad SMARTS) is 1. The number of rotatable bonds is 6. The molecule has 0 amide bonds. The summed E-state index contributed by atoms with van der Waals surface area (Å²) in [5.41, 5.74) is 2.85. The SMILES string of the molecule is CC(C(=O)O)=C1CCC(c2ccc(O[Si](C)(C)C(C)(C)C)cc2O[Si](C)(C)C(C)(C)C)CC1. The van der Waals surface area contributed by atoms with E-state index in [4.69, 9.17) is 8.85 Å². The van der Waals surface area contributed by atoms with Crippen LogP contribution in [0.15, 0.2) is 29.3 Å². The van der Waals surface area contributed by atoms with Crippen molar-refractivity contribution in [3.8, 4) is 11.5 Å². The van der Waals surface area contributed by atoms with E-state index < -0.39 is 22.6 Å². The Hall–Kier alpha value is -1.54. The molecular formula is C27H46O4Si2. The molecule has 1 N–H and O–H groups in total. The quantitative estimate of drug-likeness (QED) is 0.321. The highest BCUT2D eigenvalue weighted by Gasteiger charge is 2.41. The second kappa shape index (κ2) is 9.61.